The van der Waals surface area contributed by atoms with Gasteiger partial charge in [-0.05, 0) is 12.8 Å². The maximum Gasteiger partial charge on any atom is 0.0987 e. The number of piperidine rings is 1. The highest BCUT2D eigenvalue weighted by Crippen LogP contribution is 2.22. The molecule has 2 aliphatic rings. The van der Waals surface area contributed by atoms with Gasteiger partial charge in [0, 0.05) is 12.6 Å². The first-order valence-electron chi connectivity index (χ1n) is 4.20. The van der Waals surface area contributed by atoms with Crippen molar-refractivity contribution in [2.24, 2.45) is 0 Å². The molecule has 2 nitrogen and oxygen atoms in total. The van der Waals surface area contributed by atoms with Crippen molar-refractivity contribution in [2.75, 3.05) is 12.3 Å². The van der Waals surface area contributed by atoms with Gasteiger partial charge in [0.25, 0.3) is 0 Å². The van der Waals surface area contributed by atoms with Crippen molar-refractivity contribution in [3.8, 4) is 0 Å². The molecule has 62 valence electrons. The molecule has 0 radical (unpaired) electrons. The number of hydrogen-bond donors (Lipinski definition) is 0. The van der Waals surface area contributed by atoms with Crippen LogP contribution in [0.2, 0.25) is 0 Å². The van der Waals surface area contributed by atoms with Gasteiger partial charge in [-0.2, -0.15) is 0 Å². The molecule has 2 atom stereocenters. The second-order valence-electron chi connectivity index (χ2n) is 3.12. The first kappa shape index (κ1) is 7.50. The number of hydrogen-bond acceptors (Lipinski definition) is 1. The van der Waals surface area contributed by atoms with Crippen LogP contribution in [-0.4, -0.2) is 26.9 Å². The molecule has 0 aromatic rings. The maximum atomic E-state index is 11.4. The highest BCUT2D eigenvalue weighted by atomic mass is 32.2. The summed E-state index contributed by atoms with van der Waals surface area (Å²) in [5.41, 5.74) is 0. The summed E-state index contributed by atoms with van der Waals surface area (Å²) in [7, 11) is -0.710. The summed E-state index contributed by atoms with van der Waals surface area (Å²) >= 11 is 0. The van der Waals surface area contributed by atoms with Crippen molar-refractivity contribution in [3.05, 3.63) is 12.2 Å². The van der Waals surface area contributed by atoms with Crippen molar-refractivity contribution < 1.29 is 4.21 Å². The first-order chi connectivity index (χ1) is 5.38. The zero-order chi connectivity index (χ0) is 7.68. The minimum Gasteiger partial charge on any atom is -0.242 e. The van der Waals surface area contributed by atoms with E-state index in [2.05, 4.69) is 16.5 Å². The molecule has 2 heterocycles. The Labute approximate surface area is 69.9 Å². The predicted molar refractivity (Wildman–Crippen MR) is 46.5 cm³/mol. The van der Waals surface area contributed by atoms with Crippen molar-refractivity contribution in [1.82, 2.24) is 4.31 Å². The Morgan fingerprint density at radius 2 is 2.36 bits per heavy atom. The first-order valence-corrected chi connectivity index (χ1v) is 5.47. The fourth-order valence-corrected chi connectivity index (χ4v) is 3.04. The van der Waals surface area contributed by atoms with Gasteiger partial charge in [0.15, 0.2) is 0 Å². The average Bonchev–Trinajstić information content (AvgIpc) is 2.06. The molecule has 0 N–H and O–H groups in total. The third-order valence-corrected chi connectivity index (χ3v) is 3.81. The smallest absolute Gasteiger partial charge is 0.0987 e. The van der Waals surface area contributed by atoms with Gasteiger partial charge in [-0.15, -0.1) is 0 Å². The van der Waals surface area contributed by atoms with Crippen molar-refractivity contribution >= 4 is 11.0 Å². The summed E-state index contributed by atoms with van der Waals surface area (Å²) in [6.45, 7) is 1.03. The van der Waals surface area contributed by atoms with Gasteiger partial charge in [0.2, 0.25) is 0 Å². The van der Waals surface area contributed by atoms with E-state index in [9.17, 15) is 4.21 Å². The fourth-order valence-electron chi connectivity index (χ4n) is 1.77. The minimum atomic E-state index is -0.710. The summed E-state index contributed by atoms with van der Waals surface area (Å²) in [5.74, 6) is 0.733. The molecule has 0 saturated carbocycles. The van der Waals surface area contributed by atoms with Crippen LogP contribution in [-0.2, 0) is 11.0 Å². The Kier molecular flexibility index (Phi) is 2.09. The Balaban J connectivity index is 2.15. The van der Waals surface area contributed by atoms with E-state index in [-0.39, 0.29) is 0 Å². The van der Waals surface area contributed by atoms with E-state index >= 15 is 0 Å². The predicted octanol–water partition coefficient (Wildman–Crippen LogP) is 1.07. The van der Waals surface area contributed by atoms with Gasteiger partial charge in [0.05, 0.1) is 16.7 Å². The van der Waals surface area contributed by atoms with Gasteiger partial charge >= 0.3 is 0 Å². The quantitative estimate of drug-likeness (QED) is 0.499. The summed E-state index contributed by atoms with van der Waals surface area (Å²) in [6.07, 6.45) is 7.98. The van der Waals surface area contributed by atoms with E-state index in [4.69, 9.17) is 0 Å². The zero-order valence-electron chi connectivity index (χ0n) is 6.53. The summed E-state index contributed by atoms with van der Waals surface area (Å²) < 4.78 is 13.5. The lowest BCUT2D eigenvalue weighted by molar-refractivity contribution is 0.303. The van der Waals surface area contributed by atoms with E-state index in [0.717, 1.165) is 12.3 Å². The SMILES string of the molecule is O=S1CC=CC2CCCCN21. The molecule has 0 spiro atoms. The van der Waals surface area contributed by atoms with Gasteiger partial charge < -0.3 is 0 Å². The molecule has 2 rings (SSSR count). The highest BCUT2D eigenvalue weighted by Gasteiger charge is 2.26. The Morgan fingerprint density at radius 3 is 3.18 bits per heavy atom. The van der Waals surface area contributed by atoms with Gasteiger partial charge in [-0.25, -0.2) is 8.51 Å². The zero-order valence-corrected chi connectivity index (χ0v) is 7.35. The van der Waals surface area contributed by atoms with Crippen LogP contribution in [0.15, 0.2) is 12.2 Å². The lowest BCUT2D eigenvalue weighted by Gasteiger charge is -2.34. The van der Waals surface area contributed by atoms with Crippen molar-refractivity contribution in [1.29, 1.82) is 0 Å². The molecule has 2 aliphatic heterocycles. The van der Waals surface area contributed by atoms with Crippen molar-refractivity contribution in [2.45, 2.75) is 25.3 Å². The van der Waals surface area contributed by atoms with E-state index in [1.165, 1.54) is 19.3 Å². The molecular formula is C8H13NOS. The van der Waals surface area contributed by atoms with Crippen LogP contribution in [0.4, 0.5) is 0 Å². The lowest BCUT2D eigenvalue weighted by atomic mass is 10.0. The van der Waals surface area contributed by atoms with E-state index in [1.807, 2.05) is 0 Å². The molecule has 0 amide bonds. The van der Waals surface area contributed by atoms with Crippen LogP contribution in [0.3, 0.4) is 0 Å². The Bertz CT molecular complexity index is 202. The molecule has 0 aliphatic carbocycles. The molecular weight excluding hydrogens is 158 g/mol. The fraction of sp³-hybridized carbons (Fsp3) is 0.750. The second-order valence-corrected chi connectivity index (χ2v) is 4.57. The molecule has 0 aromatic heterocycles. The van der Waals surface area contributed by atoms with Crippen LogP contribution < -0.4 is 0 Å². The molecule has 1 saturated heterocycles. The van der Waals surface area contributed by atoms with Gasteiger partial charge in [-0.1, -0.05) is 18.6 Å². The van der Waals surface area contributed by atoms with Crippen LogP contribution in [0.25, 0.3) is 0 Å². The lowest BCUT2D eigenvalue weighted by Crippen LogP contribution is -2.42. The molecule has 2 unspecified atom stereocenters. The van der Waals surface area contributed by atoms with E-state index < -0.39 is 11.0 Å². The van der Waals surface area contributed by atoms with E-state index in [1.54, 1.807) is 0 Å². The van der Waals surface area contributed by atoms with Crippen LogP contribution >= 0.6 is 0 Å². The average molecular weight is 171 g/mol. The summed E-state index contributed by atoms with van der Waals surface area (Å²) in [4.78, 5) is 0. The third-order valence-electron chi connectivity index (χ3n) is 2.36. The standard InChI is InChI=1S/C8H13NOS/c10-11-7-3-5-8-4-1-2-6-9(8)11/h3,5,8H,1-2,4,6-7H2. The molecule has 0 bridgehead atoms. The van der Waals surface area contributed by atoms with Gasteiger partial charge in [0.1, 0.15) is 0 Å². The van der Waals surface area contributed by atoms with Crippen LogP contribution in [0.5, 0.6) is 0 Å². The monoisotopic (exact) mass is 171 g/mol. The molecule has 11 heavy (non-hydrogen) atoms. The Hall–Kier alpha value is -0.150. The Morgan fingerprint density at radius 1 is 1.45 bits per heavy atom. The maximum absolute atomic E-state index is 11.4. The number of nitrogens with zero attached hydrogens (tertiary/aromatic N) is 1. The topological polar surface area (TPSA) is 20.3 Å². The molecule has 3 heteroatoms. The molecule has 1 fully saturated rings. The van der Waals surface area contributed by atoms with Gasteiger partial charge in [-0.3, -0.25) is 0 Å². The summed E-state index contributed by atoms with van der Waals surface area (Å²) in [6, 6.07) is 0.485. The van der Waals surface area contributed by atoms with Crippen LogP contribution in [0.1, 0.15) is 19.3 Å². The highest BCUT2D eigenvalue weighted by molar-refractivity contribution is 7.82. The van der Waals surface area contributed by atoms with E-state index in [0.29, 0.717) is 6.04 Å². The van der Waals surface area contributed by atoms with Crippen LogP contribution in [0, 0.1) is 0 Å². The second kappa shape index (κ2) is 3.07. The third kappa shape index (κ3) is 1.40. The molecule has 0 aromatic carbocycles. The number of fused-ring (bicyclic) bond motifs is 1. The van der Waals surface area contributed by atoms with Crippen molar-refractivity contribution in [3.63, 3.8) is 0 Å². The summed E-state index contributed by atoms with van der Waals surface area (Å²) in [5, 5.41) is 0. The minimum absolute atomic E-state index is 0.485. The largest absolute Gasteiger partial charge is 0.242 e. The normalized spacial score (nSPS) is 38.5. The number of rotatable bonds is 0.